The van der Waals surface area contributed by atoms with Crippen molar-refractivity contribution in [2.75, 3.05) is 39.3 Å². The summed E-state index contributed by atoms with van der Waals surface area (Å²) in [4.78, 5) is 2.62. The topological polar surface area (TPSA) is 35.5 Å². The van der Waals surface area contributed by atoms with E-state index in [9.17, 15) is 5.11 Å². The van der Waals surface area contributed by atoms with Crippen LogP contribution in [0.5, 0.6) is 0 Å². The molecule has 2 N–H and O–H groups in total. The minimum Gasteiger partial charge on any atom is -0.396 e. The lowest BCUT2D eigenvalue weighted by Gasteiger charge is -2.40. The van der Waals surface area contributed by atoms with Crippen LogP contribution in [0.2, 0.25) is 0 Å². The third-order valence-corrected chi connectivity index (χ3v) is 4.95. The molecule has 0 aromatic rings. The summed E-state index contributed by atoms with van der Waals surface area (Å²) < 4.78 is 0. The standard InChI is InChI=1S/C16H34N2O/c1-4-9-17-13-16(5-2,6-3)14-18-10-7-15(12-19)8-11-18/h15,17,19H,4-14H2,1-3H3. The number of aliphatic hydroxyl groups is 1. The minimum atomic E-state index is 0.374. The molecule has 0 aromatic carbocycles. The van der Waals surface area contributed by atoms with Gasteiger partial charge in [0, 0.05) is 19.7 Å². The predicted molar refractivity (Wildman–Crippen MR) is 82.4 cm³/mol. The molecule has 0 aliphatic carbocycles. The van der Waals surface area contributed by atoms with Gasteiger partial charge in [0.25, 0.3) is 0 Å². The Kier molecular flexibility index (Phi) is 7.96. The third-order valence-electron chi connectivity index (χ3n) is 4.95. The molecular weight excluding hydrogens is 236 g/mol. The number of aliphatic hydroxyl groups excluding tert-OH is 1. The molecule has 19 heavy (non-hydrogen) atoms. The fraction of sp³-hybridized carbons (Fsp3) is 1.00. The molecule has 0 aromatic heterocycles. The van der Waals surface area contributed by atoms with Gasteiger partial charge in [0.05, 0.1) is 0 Å². The highest BCUT2D eigenvalue weighted by molar-refractivity contribution is 4.85. The van der Waals surface area contributed by atoms with Crippen LogP contribution >= 0.6 is 0 Å². The third kappa shape index (κ3) is 5.41. The van der Waals surface area contributed by atoms with Gasteiger partial charge in [-0.05, 0) is 63.1 Å². The summed E-state index contributed by atoms with van der Waals surface area (Å²) in [7, 11) is 0. The van der Waals surface area contributed by atoms with E-state index in [0.29, 0.717) is 17.9 Å². The lowest BCUT2D eigenvalue weighted by atomic mass is 9.81. The normalized spacial score (nSPS) is 18.9. The fourth-order valence-corrected chi connectivity index (χ4v) is 3.11. The first-order valence-corrected chi connectivity index (χ1v) is 8.23. The lowest BCUT2D eigenvalue weighted by molar-refractivity contribution is 0.0825. The van der Waals surface area contributed by atoms with E-state index in [1.165, 1.54) is 51.7 Å². The van der Waals surface area contributed by atoms with Gasteiger partial charge in [-0.15, -0.1) is 0 Å². The van der Waals surface area contributed by atoms with Crippen LogP contribution in [0.15, 0.2) is 0 Å². The smallest absolute Gasteiger partial charge is 0.0460 e. The molecule has 0 radical (unpaired) electrons. The molecule has 1 fully saturated rings. The second-order valence-electron chi connectivity index (χ2n) is 6.29. The Morgan fingerprint density at radius 3 is 2.26 bits per heavy atom. The van der Waals surface area contributed by atoms with Crippen molar-refractivity contribution in [3.63, 3.8) is 0 Å². The number of nitrogens with zero attached hydrogens (tertiary/aromatic N) is 1. The summed E-state index contributed by atoms with van der Waals surface area (Å²) in [5.74, 6) is 0.548. The van der Waals surface area contributed by atoms with E-state index in [-0.39, 0.29) is 0 Å². The molecule has 0 unspecified atom stereocenters. The molecule has 3 nitrogen and oxygen atoms in total. The first-order valence-electron chi connectivity index (χ1n) is 8.23. The van der Waals surface area contributed by atoms with Crippen LogP contribution in [0, 0.1) is 11.3 Å². The molecule has 1 rings (SSSR count). The van der Waals surface area contributed by atoms with Crippen molar-refractivity contribution in [3.8, 4) is 0 Å². The molecule has 1 aliphatic rings. The van der Waals surface area contributed by atoms with E-state index < -0.39 is 0 Å². The predicted octanol–water partition coefficient (Wildman–Crippen LogP) is 2.50. The van der Waals surface area contributed by atoms with Crippen molar-refractivity contribution in [1.29, 1.82) is 0 Å². The molecule has 0 amide bonds. The van der Waals surface area contributed by atoms with Crippen LogP contribution in [-0.4, -0.2) is 49.3 Å². The SMILES string of the molecule is CCCNCC(CC)(CC)CN1CCC(CO)CC1. The largest absolute Gasteiger partial charge is 0.396 e. The molecule has 1 heterocycles. The van der Waals surface area contributed by atoms with Gasteiger partial charge < -0.3 is 15.3 Å². The maximum atomic E-state index is 9.22. The maximum Gasteiger partial charge on any atom is 0.0460 e. The second-order valence-corrected chi connectivity index (χ2v) is 6.29. The number of hydrogen-bond donors (Lipinski definition) is 2. The first-order chi connectivity index (χ1) is 9.19. The van der Waals surface area contributed by atoms with Crippen LogP contribution in [0.4, 0.5) is 0 Å². The quantitative estimate of drug-likeness (QED) is 0.632. The highest BCUT2D eigenvalue weighted by Gasteiger charge is 2.30. The summed E-state index contributed by atoms with van der Waals surface area (Å²) in [6.07, 6.45) is 6.05. The molecule has 1 saturated heterocycles. The lowest BCUT2D eigenvalue weighted by Crippen LogP contribution is -2.46. The van der Waals surface area contributed by atoms with Gasteiger partial charge in [0.2, 0.25) is 0 Å². The Balaban J connectivity index is 2.44. The Hall–Kier alpha value is -0.120. The zero-order valence-corrected chi connectivity index (χ0v) is 13.2. The van der Waals surface area contributed by atoms with Gasteiger partial charge in [-0.2, -0.15) is 0 Å². The minimum absolute atomic E-state index is 0.374. The van der Waals surface area contributed by atoms with Crippen molar-refractivity contribution in [2.45, 2.75) is 52.9 Å². The molecule has 0 spiro atoms. The van der Waals surface area contributed by atoms with E-state index in [4.69, 9.17) is 0 Å². The van der Waals surface area contributed by atoms with E-state index >= 15 is 0 Å². The number of piperidine rings is 1. The summed E-state index contributed by atoms with van der Waals surface area (Å²) in [6, 6.07) is 0. The van der Waals surface area contributed by atoms with E-state index in [1.54, 1.807) is 0 Å². The monoisotopic (exact) mass is 270 g/mol. The van der Waals surface area contributed by atoms with Gasteiger partial charge in [-0.25, -0.2) is 0 Å². The summed E-state index contributed by atoms with van der Waals surface area (Å²) in [5.41, 5.74) is 0.432. The molecule has 0 bridgehead atoms. The Bertz CT molecular complexity index is 221. The van der Waals surface area contributed by atoms with Gasteiger partial charge in [-0.3, -0.25) is 0 Å². The van der Waals surface area contributed by atoms with Crippen LogP contribution < -0.4 is 5.32 Å². The number of nitrogens with one attached hydrogen (secondary N) is 1. The van der Waals surface area contributed by atoms with Crippen LogP contribution in [-0.2, 0) is 0 Å². The fourth-order valence-electron chi connectivity index (χ4n) is 3.11. The summed E-state index contributed by atoms with van der Waals surface area (Å²) in [6.45, 7) is 13.1. The number of hydrogen-bond acceptors (Lipinski definition) is 3. The van der Waals surface area contributed by atoms with Gasteiger partial charge in [0.1, 0.15) is 0 Å². The van der Waals surface area contributed by atoms with Crippen LogP contribution in [0.3, 0.4) is 0 Å². The number of likely N-dealkylation sites (tertiary alicyclic amines) is 1. The molecule has 0 atom stereocenters. The van der Waals surface area contributed by atoms with Crippen LogP contribution in [0.1, 0.15) is 52.9 Å². The van der Waals surface area contributed by atoms with Gasteiger partial charge in [-0.1, -0.05) is 20.8 Å². The van der Waals surface area contributed by atoms with Crippen molar-refractivity contribution in [3.05, 3.63) is 0 Å². The van der Waals surface area contributed by atoms with Crippen molar-refractivity contribution in [2.24, 2.45) is 11.3 Å². The van der Waals surface area contributed by atoms with Gasteiger partial charge in [0.15, 0.2) is 0 Å². The average Bonchev–Trinajstić information content (AvgIpc) is 2.47. The van der Waals surface area contributed by atoms with Crippen molar-refractivity contribution in [1.82, 2.24) is 10.2 Å². The second kappa shape index (κ2) is 8.93. The molecule has 3 heteroatoms. The Morgan fingerprint density at radius 1 is 1.16 bits per heavy atom. The Morgan fingerprint density at radius 2 is 1.79 bits per heavy atom. The maximum absolute atomic E-state index is 9.22. The highest BCUT2D eigenvalue weighted by Crippen LogP contribution is 2.29. The summed E-state index contributed by atoms with van der Waals surface area (Å²) in [5, 5.41) is 12.8. The zero-order chi connectivity index (χ0) is 14.1. The first kappa shape index (κ1) is 16.9. The molecule has 1 aliphatic heterocycles. The van der Waals surface area contributed by atoms with Crippen molar-refractivity contribution >= 4 is 0 Å². The molecular formula is C16H34N2O. The van der Waals surface area contributed by atoms with E-state index in [1.807, 2.05) is 0 Å². The molecule has 114 valence electrons. The van der Waals surface area contributed by atoms with Crippen molar-refractivity contribution < 1.29 is 5.11 Å². The Labute approximate surface area is 119 Å². The average molecular weight is 270 g/mol. The summed E-state index contributed by atoms with van der Waals surface area (Å²) >= 11 is 0. The van der Waals surface area contributed by atoms with Crippen LogP contribution in [0.25, 0.3) is 0 Å². The van der Waals surface area contributed by atoms with Gasteiger partial charge >= 0.3 is 0 Å². The number of rotatable bonds is 9. The zero-order valence-electron chi connectivity index (χ0n) is 13.2. The van der Waals surface area contributed by atoms with E-state index in [2.05, 4.69) is 31.0 Å². The molecule has 0 saturated carbocycles. The highest BCUT2D eigenvalue weighted by atomic mass is 16.3. The van der Waals surface area contributed by atoms with E-state index in [0.717, 1.165) is 13.1 Å².